The van der Waals surface area contributed by atoms with Crippen molar-refractivity contribution in [3.63, 3.8) is 0 Å². The van der Waals surface area contributed by atoms with Crippen LogP contribution in [-0.2, 0) is 33.3 Å². The number of methoxy groups -OCH3 is 1. The number of anilines is 2. The van der Waals surface area contributed by atoms with Gasteiger partial charge in [0.25, 0.3) is 0 Å². The number of benzene rings is 1. The zero-order valence-electron chi connectivity index (χ0n) is 25.4. The number of pyridine rings is 2. The van der Waals surface area contributed by atoms with Crippen LogP contribution in [0.25, 0.3) is 11.5 Å². The van der Waals surface area contributed by atoms with Crippen molar-refractivity contribution in [3.8, 4) is 11.5 Å². The molecule has 1 saturated carbocycles. The van der Waals surface area contributed by atoms with E-state index in [2.05, 4.69) is 27.0 Å². The smallest absolute Gasteiger partial charge is 0.249 e. The maximum Gasteiger partial charge on any atom is 0.249 e. The number of halogens is 1. The second-order valence-corrected chi connectivity index (χ2v) is 14.0. The quantitative estimate of drug-likeness (QED) is 0.207. The lowest BCUT2D eigenvalue weighted by atomic mass is 9.94. The SMILES string of the molecule is COCCN(CC1CC1C)c1cc(-c2nnc([C@](C)(N)Cc3ccccc3)o2)c(Cl)c(N(Cc2cccnc2)S(C)(=O)=O)n1. The third-order valence-electron chi connectivity index (χ3n) is 7.79. The number of hydrogen-bond acceptors (Lipinski definition) is 10. The summed E-state index contributed by atoms with van der Waals surface area (Å²) >= 11 is 7.00. The molecule has 0 radical (unpaired) electrons. The van der Waals surface area contributed by atoms with Crippen LogP contribution in [0.5, 0.6) is 0 Å². The zero-order chi connectivity index (χ0) is 31.5. The highest BCUT2D eigenvalue weighted by Gasteiger charge is 2.36. The normalized spacial score (nSPS) is 17.7. The van der Waals surface area contributed by atoms with Crippen LogP contribution in [0.2, 0.25) is 5.02 Å². The predicted molar refractivity (Wildman–Crippen MR) is 171 cm³/mol. The van der Waals surface area contributed by atoms with Crippen molar-refractivity contribution < 1.29 is 17.6 Å². The molecule has 44 heavy (non-hydrogen) atoms. The standard InChI is InChI=1S/C31H38ClN7O4S/c1-21-15-24(21)20-38(13-14-42-3)26-16-25(29-36-37-30(43-29)31(2,33)17-22-9-6-5-7-10-22)27(32)28(35-26)39(44(4,40)41)19-23-11-8-12-34-18-23/h5-12,16,18,21,24H,13-15,17,19-20,33H2,1-4H3/t21?,24?,31-/m1/s1. The Morgan fingerprint density at radius 3 is 2.52 bits per heavy atom. The van der Waals surface area contributed by atoms with Gasteiger partial charge in [-0.1, -0.05) is 54.9 Å². The van der Waals surface area contributed by atoms with Crippen LogP contribution in [-0.4, -0.2) is 61.6 Å². The van der Waals surface area contributed by atoms with Crippen LogP contribution in [0.1, 0.15) is 37.3 Å². The molecule has 0 saturated heterocycles. The number of nitrogens with zero attached hydrogens (tertiary/aromatic N) is 6. The van der Waals surface area contributed by atoms with Gasteiger partial charge in [0, 0.05) is 32.6 Å². The summed E-state index contributed by atoms with van der Waals surface area (Å²) in [6.07, 6.45) is 5.93. The molecular weight excluding hydrogens is 602 g/mol. The molecule has 4 aromatic rings. The lowest BCUT2D eigenvalue weighted by Gasteiger charge is -2.28. The minimum absolute atomic E-state index is 0.0208. The summed E-state index contributed by atoms with van der Waals surface area (Å²) in [5.41, 5.74) is 7.75. The predicted octanol–water partition coefficient (Wildman–Crippen LogP) is 4.67. The molecule has 13 heteroatoms. The van der Waals surface area contributed by atoms with Crippen molar-refractivity contribution in [3.05, 3.63) is 83.0 Å². The number of rotatable bonds is 14. The topological polar surface area (TPSA) is 141 Å². The molecular formula is C31H38ClN7O4S. The highest BCUT2D eigenvalue weighted by molar-refractivity contribution is 7.92. The molecule has 0 spiro atoms. The Bertz CT molecular complexity index is 1670. The fraction of sp³-hybridized carbons (Fsp3) is 0.419. The number of sulfonamides is 1. The lowest BCUT2D eigenvalue weighted by molar-refractivity contribution is 0.204. The van der Waals surface area contributed by atoms with Gasteiger partial charge in [0.1, 0.15) is 5.82 Å². The van der Waals surface area contributed by atoms with E-state index in [4.69, 9.17) is 31.5 Å². The fourth-order valence-electron chi connectivity index (χ4n) is 5.09. The van der Waals surface area contributed by atoms with Gasteiger partial charge in [0.05, 0.1) is 35.5 Å². The van der Waals surface area contributed by atoms with Gasteiger partial charge >= 0.3 is 0 Å². The van der Waals surface area contributed by atoms with Crippen molar-refractivity contribution in [2.24, 2.45) is 17.6 Å². The Balaban J connectivity index is 1.61. The monoisotopic (exact) mass is 639 g/mol. The molecule has 1 aromatic carbocycles. The van der Waals surface area contributed by atoms with E-state index in [1.165, 1.54) is 4.31 Å². The van der Waals surface area contributed by atoms with Gasteiger partial charge in [-0.2, -0.15) is 0 Å². The van der Waals surface area contributed by atoms with Crippen LogP contribution >= 0.6 is 11.6 Å². The Labute approximate surface area is 263 Å². The summed E-state index contributed by atoms with van der Waals surface area (Å²) in [6, 6.07) is 15.1. The minimum atomic E-state index is -3.84. The van der Waals surface area contributed by atoms with Gasteiger partial charge in [-0.25, -0.2) is 17.7 Å². The molecule has 0 bridgehead atoms. The van der Waals surface area contributed by atoms with Crippen molar-refractivity contribution in [1.29, 1.82) is 0 Å². The van der Waals surface area contributed by atoms with Gasteiger partial charge in [-0.3, -0.25) is 4.98 Å². The first-order valence-electron chi connectivity index (χ1n) is 14.4. The Kier molecular flexibility index (Phi) is 9.54. The second-order valence-electron chi connectivity index (χ2n) is 11.7. The molecule has 2 unspecified atom stereocenters. The highest BCUT2D eigenvalue weighted by atomic mass is 35.5. The summed E-state index contributed by atoms with van der Waals surface area (Å²) < 4.78 is 39.2. The van der Waals surface area contributed by atoms with Gasteiger partial charge < -0.3 is 19.8 Å². The Morgan fingerprint density at radius 1 is 1.16 bits per heavy atom. The van der Waals surface area contributed by atoms with Crippen LogP contribution in [0.3, 0.4) is 0 Å². The van der Waals surface area contributed by atoms with Crippen LogP contribution in [0, 0.1) is 11.8 Å². The number of ether oxygens (including phenoxy) is 1. The van der Waals surface area contributed by atoms with Crippen LogP contribution < -0.4 is 14.9 Å². The van der Waals surface area contributed by atoms with Crippen molar-refractivity contribution in [2.75, 3.05) is 42.3 Å². The largest absolute Gasteiger partial charge is 0.419 e. The molecule has 0 amide bonds. The first kappa shape index (κ1) is 31.8. The molecule has 3 atom stereocenters. The van der Waals surface area contributed by atoms with E-state index in [1.54, 1.807) is 37.7 Å². The van der Waals surface area contributed by atoms with Crippen LogP contribution in [0.15, 0.2) is 65.3 Å². The fourth-order valence-corrected chi connectivity index (χ4v) is 6.25. The van der Waals surface area contributed by atoms with Crippen molar-refractivity contribution in [1.82, 2.24) is 20.2 Å². The molecule has 3 aromatic heterocycles. The molecule has 0 aliphatic heterocycles. The summed E-state index contributed by atoms with van der Waals surface area (Å²) in [5.74, 6) is 2.00. The summed E-state index contributed by atoms with van der Waals surface area (Å²) in [5, 5.41) is 8.67. The first-order chi connectivity index (χ1) is 21.0. The number of hydrogen-bond donors (Lipinski definition) is 1. The van der Waals surface area contributed by atoms with E-state index in [0.717, 1.165) is 24.8 Å². The molecule has 3 heterocycles. The summed E-state index contributed by atoms with van der Waals surface area (Å²) in [7, 11) is -2.20. The number of aromatic nitrogens is 4. The average molecular weight is 640 g/mol. The molecule has 1 aliphatic rings. The van der Waals surface area contributed by atoms with E-state index in [9.17, 15) is 8.42 Å². The minimum Gasteiger partial charge on any atom is -0.419 e. The third-order valence-corrected chi connectivity index (χ3v) is 9.27. The molecule has 2 N–H and O–H groups in total. The van der Waals surface area contributed by atoms with Gasteiger partial charge in [-0.15, -0.1) is 10.2 Å². The van der Waals surface area contributed by atoms with E-state index in [0.29, 0.717) is 48.4 Å². The summed E-state index contributed by atoms with van der Waals surface area (Å²) in [6.45, 7) is 5.74. The Hall–Kier alpha value is -3.58. The second kappa shape index (κ2) is 13.2. The van der Waals surface area contributed by atoms with Crippen molar-refractivity contribution >= 4 is 33.3 Å². The van der Waals surface area contributed by atoms with Gasteiger partial charge in [-0.05, 0) is 54.9 Å². The van der Waals surface area contributed by atoms with Crippen LogP contribution in [0.4, 0.5) is 11.6 Å². The number of nitrogens with two attached hydrogens (primary N) is 1. The van der Waals surface area contributed by atoms with E-state index in [-0.39, 0.29) is 29.2 Å². The molecule has 1 fully saturated rings. The molecule has 11 nitrogen and oxygen atoms in total. The first-order valence-corrected chi connectivity index (χ1v) is 16.7. The third kappa shape index (κ3) is 7.55. The molecule has 5 rings (SSSR count). The molecule has 1 aliphatic carbocycles. The van der Waals surface area contributed by atoms with E-state index < -0.39 is 15.6 Å². The van der Waals surface area contributed by atoms with E-state index >= 15 is 0 Å². The molecule has 234 valence electrons. The Morgan fingerprint density at radius 2 is 1.89 bits per heavy atom. The maximum absolute atomic E-state index is 13.2. The zero-order valence-corrected chi connectivity index (χ0v) is 26.9. The average Bonchev–Trinajstić information content (AvgIpc) is 3.45. The lowest BCUT2D eigenvalue weighted by Crippen LogP contribution is -2.35. The van der Waals surface area contributed by atoms with E-state index in [1.807, 2.05) is 37.3 Å². The van der Waals surface area contributed by atoms with Gasteiger partial charge in [0.15, 0.2) is 5.82 Å². The van der Waals surface area contributed by atoms with Crippen molar-refractivity contribution in [2.45, 2.75) is 38.8 Å². The highest BCUT2D eigenvalue weighted by Crippen LogP contribution is 2.42. The van der Waals surface area contributed by atoms with Gasteiger partial charge in [0.2, 0.25) is 21.8 Å². The summed E-state index contributed by atoms with van der Waals surface area (Å²) in [4.78, 5) is 11.1. The maximum atomic E-state index is 13.2.